The van der Waals surface area contributed by atoms with Crippen molar-refractivity contribution in [1.29, 1.82) is 0 Å². The molecule has 0 aromatic carbocycles. The lowest BCUT2D eigenvalue weighted by Gasteiger charge is -2.07. The molecular weight excluding hydrogens is 208 g/mol. The molecule has 1 aromatic rings. The zero-order valence-corrected chi connectivity index (χ0v) is 7.58. The van der Waals surface area contributed by atoms with Gasteiger partial charge in [-0.05, 0) is 28.1 Å². The van der Waals surface area contributed by atoms with Gasteiger partial charge in [0.1, 0.15) is 5.82 Å². The van der Waals surface area contributed by atoms with E-state index in [9.17, 15) is 4.79 Å². The molecule has 0 spiro atoms. The second kappa shape index (κ2) is 3.48. The third-order valence-corrected chi connectivity index (χ3v) is 1.70. The number of carbonyl (C=O) groups is 1. The van der Waals surface area contributed by atoms with Crippen LogP contribution in [0.15, 0.2) is 22.8 Å². The number of anilines is 1. The highest BCUT2D eigenvalue weighted by molar-refractivity contribution is 9.10. The van der Waals surface area contributed by atoms with Crippen LogP contribution in [0.3, 0.4) is 0 Å². The van der Waals surface area contributed by atoms with Crippen LogP contribution in [0.5, 0.6) is 0 Å². The van der Waals surface area contributed by atoms with Gasteiger partial charge in [-0.25, -0.2) is 4.98 Å². The van der Waals surface area contributed by atoms with Gasteiger partial charge in [0.2, 0.25) is 6.41 Å². The molecule has 0 atom stereocenters. The van der Waals surface area contributed by atoms with Crippen molar-refractivity contribution in [2.24, 2.45) is 0 Å². The molecule has 1 rings (SSSR count). The Morgan fingerprint density at radius 2 is 2.36 bits per heavy atom. The number of hydrogen-bond acceptors (Lipinski definition) is 2. The lowest BCUT2D eigenvalue weighted by atomic mass is 10.4. The minimum Gasteiger partial charge on any atom is -0.303 e. The summed E-state index contributed by atoms with van der Waals surface area (Å²) in [7, 11) is 1.66. The highest BCUT2D eigenvalue weighted by Gasteiger charge is 1.97. The van der Waals surface area contributed by atoms with E-state index in [4.69, 9.17) is 0 Å². The molecule has 0 unspecified atom stereocenters. The van der Waals surface area contributed by atoms with Crippen LogP contribution in [0.25, 0.3) is 0 Å². The van der Waals surface area contributed by atoms with Crippen molar-refractivity contribution in [3.8, 4) is 0 Å². The summed E-state index contributed by atoms with van der Waals surface area (Å²) in [5, 5.41) is 0. The predicted octanol–water partition coefficient (Wildman–Crippen LogP) is 1.44. The Morgan fingerprint density at radius 1 is 1.64 bits per heavy atom. The number of rotatable bonds is 2. The quantitative estimate of drug-likeness (QED) is 0.699. The molecule has 0 aliphatic heterocycles. The molecular formula is C7H7BrN2O. The van der Waals surface area contributed by atoms with Gasteiger partial charge in [-0.3, -0.25) is 4.79 Å². The summed E-state index contributed by atoms with van der Waals surface area (Å²) in [4.78, 5) is 15.7. The van der Waals surface area contributed by atoms with E-state index >= 15 is 0 Å². The number of aromatic nitrogens is 1. The monoisotopic (exact) mass is 214 g/mol. The smallest absolute Gasteiger partial charge is 0.215 e. The summed E-state index contributed by atoms with van der Waals surface area (Å²) >= 11 is 3.25. The Balaban J connectivity index is 2.89. The Hall–Kier alpha value is -0.900. The molecule has 1 amide bonds. The molecule has 4 heteroatoms. The molecule has 0 saturated carbocycles. The highest BCUT2D eigenvalue weighted by atomic mass is 79.9. The molecule has 0 N–H and O–H groups in total. The first-order valence-electron chi connectivity index (χ1n) is 3.03. The standard InChI is InChI=1S/C7H7BrN2O/c1-10(5-11)7-3-2-6(8)4-9-7/h2-5H,1H3. The van der Waals surface area contributed by atoms with Crippen LogP contribution in [0.2, 0.25) is 0 Å². The second-order valence-electron chi connectivity index (χ2n) is 2.05. The van der Waals surface area contributed by atoms with Crippen molar-refractivity contribution in [3.05, 3.63) is 22.8 Å². The molecule has 3 nitrogen and oxygen atoms in total. The number of pyridine rings is 1. The lowest BCUT2D eigenvalue weighted by Crippen LogP contribution is -2.14. The summed E-state index contributed by atoms with van der Waals surface area (Å²) in [5.41, 5.74) is 0. The van der Waals surface area contributed by atoms with E-state index in [0.29, 0.717) is 5.82 Å². The maximum Gasteiger partial charge on any atom is 0.215 e. The number of hydrogen-bond donors (Lipinski definition) is 0. The van der Waals surface area contributed by atoms with E-state index in [1.807, 2.05) is 6.07 Å². The topological polar surface area (TPSA) is 33.2 Å². The molecule has 11 heavy (non-hydrogen) atoms. The second-order valence-corrected chi connectivity index (χ2v) is 2.97. The highest BCUT2D eigenvalue weighted by Crippen LogP contribution is 2.11. The van der Waals surface area contributed by atoms with Crippen molar-refractivity contribution < 1.29 is 4.79 Å². The first-order valence-corrected chi connectivity index (χ1v) is 3.83. The third-order valence-electron chi connectivity index (χ3n) is 1.23. The van der Waals surface area contributed by atoms with Crippen LogP contribution >= 0.6 is 15.9 Å². The average molecular weight is 215 g/mol. The molecule has 1 heterocycles. The fourth-order valence-corrected chi connectivity index (χ4v) is 0.865. The molecule has 0 fully saturated rings. The van der Waals surface area contributed by atoms with Gasteiger partial charge >= 0.3 is 0 Å². The average Bonchev–Trinajstić information content (AvgIpc) is 2.05. The maximum absolute atomic E-state index is 10.3. The molecule has 0 aliphatic carbocycles. The number of amides is 1. The summed E-state index contributed by atoms with van der Waals surface area (Å²) in [6, 6.07) is 3.60. The van der Waals surface area contributed by atoms with E-state index < -0.39 is 0 Å². The van der Waals surface area contributed by atoms with Crippen molar-refractivity contribution in [2.75, 3.05) is 11.9 Å². The molecule has 58 valence electrons. The third kappa shape index (κ3) is 2.01. The summed E-state index contributed by atoms with van der Waals surface area (Å²) in [6.45, 7) is 0. The maximum atomic E-state index is 10.3. The Labute approximate surface area is 73.2 Å². The van der Waals surface area contributed by atoms with Gasteiger partial charge in [-0.1, -0.05) is 0 Å². The van der Waals surface area contributed by atoms with E-state index in [-0.39, 0.29) is 0 Å². The SMILES string of the molecule is CN(C=O)c1ccc(Br)cn1. The summed E-state index contributed by atoms with van der Waals surface area (Å²) in [5.74, 6) is 0.642. The minimum atomic E-state index is 0.642. The van der Waals surface area contributed by atoms with E-state index in [0.717, 1.165) is 10.9 Å². The normalized spacial score (nSPS) is 9.27. The molecule has 0 bridgehead atoms. The number of nitrogens with zero attached hydrogens (tertiary/aromatic N) is 2. The van der Waals surface area contributed by atoms with Gasteiger partial charge in [-0.15, -0.1) is 0 Å². The summed E-state index contributed by atoms with van der Waals surface area (Å²) < 4.78 is 0.903. The Kier molecular flexibility index (Phi) is 2.59. The van der Waals surface area contributed by atoms with Crippen LogP contribution in [0, 0.1) is 0 Å². The Morgan fingerprint density at radius 3 is 2.82 bits per heavy atom. The van der Waals surface area contributed by atoms with Gasteiger partial charge in [-0.2, -0.15) is 0 Å². The first kappa shape index (κ1) is 8.20. The van der Waals surface area contributed by atoms with Crippen LogP contribution in [0.1, 0.15) is 0 Å². The van der Waals surface area contributed by atoms with E-state index in [1.165, 1.54) is 4.90 Å². The molecule has 0 saturated heterocycles. The zero-order valence-electron chi connectivity index (χ0n) is 5.99. The summed E-state index contributed by atoms with van der Waals surface area (Å²) in [6.07, 6.45) is 2.37. The van der Waals surface area contributed by atoms with Crippen LogP contribution < -0.4 is 4.90 Å². The van der Waals surface area contributed by atoms with Gasteiger partial charge in [0.25, 0.3) is 0 Å². The van der Waals surface area contributed by atoms with Crippen molar-refractivity contribution in [3.63, 3.8) is 0 Å². The Bertz CT molecular complexity index is 247. The van der Waals surface area contributed by atoms with E-state index in [1.54, 1.807) is 19.3 Å². The van der Waals surface area contributed by atoms with Crippen molar-refractivity contribution in [2.45, 2.75) is 0 Å². The van der Waals surface area contributed by atoms with Gasteiger partial charge < -0.3 is 4.90 Å². The number of carbonyl (C=O) groups excluding carboxylic acids is 1. The molecule has 1 aromatic heterocycles. The number of halogens is 1. The molecule has 0 aliphatic rings. The fraction of sp³-hybridized carbons (Fsp3) is 0.143. The van der Waals surface area contributed by atoms with Gasteiger partial charge in [0.15, 0.2) is 0 Å². The van der Waals surface area contributed by atoms with Crippen molar-refractivity contribution >= 4 is 28.2 Å². The molecule has 0 radical (unpaired) electrons. The van der Waals surface area contributed by atoms with E-state index in [2.05, 4.69) is 20.9 Å². The largest absolute Gasteiger partial charge is 0.303 e. The van der Waals surface area contributed by atoms with Gasteiger partial charge in [0, 0.05) is 17.7 Å². The lowest BCUT2D eigenvalue weighted by molar-refractivity contribution is -0.107. The van der Waals surface area contributed by atoms with Crippen molar-refractivity contribution in [1.82, 2.24) is 4.98 Å². The van der Waals surface area contributed by atoms with Crippen LogP contribution in [-0.4, -0.2) is 18.4 Å². The predicted molar refractivity (Wildman–Crippen MR) is 46.4 cm³/mol. The minimum absolute atomic E-state index is 0.642. The first-order chi connectivity index (χ1) is 5.24. The zero-order chi connectivity index (χ0) is 8.27. The van der Waals surface area contributed by atoms with Crippen LogP contribution in [-0.2, 0) is 4.79 Å². The fourth-order valence-electron chi connectivity index (χ4n) is 0.631. The van der Waals surface area contributed by atoms with Gasteiger partial charge in [0.05, 0.1) is 0 Å². The van der Waals surface area contributed by atoms with Crippen LogP contribution in [0.4, 0.5) is 5.82 Å².